The molecule has 0 bridgehead atoms. The summed E-state index contributed by atoms with van der Waals surface area (Å²) in [7, 11) is 1.68. The highest BCUT2D eigenvalue weighted by molar-refractivity contribution is 5.41. The lowest BCUT2D eigenvalue weighted by Gasteiger charge is -2.35. The molecule has 2 aliphatic rings. The minimum absolute atomic E-state index is 0.367. The predicted octanol–water partition coefficient (Wildman–Crippen LogP) is 0.541. The van der Waals surface area contributed by atoms with Gasteiger partial charge in [0.1, 0.15) is 25.1 Å². The molecular formula is C18H27N7O2. The minimum Gasteiger partial charge on any atom is -0.381 e. The van der Waals surface area contributed by atoms with Crippen LogP contribution in [0.4, 0.5) is 5.82 Å². The van der Waals surface area contributed by atoms with Crippen LogP contribution in [0.15, 0.2) is 18.7 Å². The van der Waals surface area contributed by atoms with Gasteiger partial charge in [-0.1, -0.05) is 0 Å². The van der Waals surface area contributed by atoms with Crippen molar-refractivity contribution in [2.75, 3.05) is 57.9 Å². The standard InChI is InChI=1S/C18H27N7O2/c1-26-12-17-21-16(15-2-9-27-11-15)10-18(22-17)24-6-3-23(4-7-24)5-8-25-14-19-13-20-25/h10,13-15H,2-9,11-12H2,1H3/t15-/m0/s1. The second-order valence-electron chi connectivity index (χ2n) is 7.05. The van der Waals surface area contributed by atoms with E-state index in [9.17, 15) is 0 Å². The summed E-state index contributed by atoms with van der Waals surface area (Å²) >= 11 is 0. The van der Waals surface area contributed by atoms with Gasteiger partial charge in [-0.15, -0.1) is 0 Å². The monoisotopic (exact) mass is 373 g/mol. The lowest BCUT2D eigenvalue weighted by molar-refractivity contribution is 0.177. The number of hydrogen-bond acceptors (Lipinski definition) is 8. The summed E-state index contributed by atoms with van der Waals surface area (Å²) in [5.74, 6) is 2.13. The van der Waals surface area contributed by atoms with E-state index in [1.165, 1.54) is 0 Å². The zero-order valence-corrected chi connectivity index (χ0v) is 15.8. The van der Waals surface area contributed by atoms with Crippen LogP contribution in [0.1, 0.15) is 23.9 Å². The quantitative estimate of drug-likeness (QED) is 0.696. The second kappa shape index (κ2) is 8.73. The molecule has 0 radical (unpaired) electrons. The fourth-order valence-electron chi connectivity index (χ4n) is 3.63. The fourth-order valence-corrected chi connectivity index (χ4v) is 3.63. The van der Waals surface area contributed by atoms with Crippen molar-refractivity contribution in [2.45, 2.75) is 25.5 Å². The smallest absolute Gasteiger partial charge is 0.156 e. The van der Waals surface area contributed by atoms with Gasteiger partial charge in [-0.2, -0.15) is 5.10 Å². The normalized spacial score (nSPS) is 21.1. The molecule has 9 nitrogen and oxygen atoms in total. The topological polar surface area (TPSA) is 81.4 Å². The summed E-state index contributed by atoms with van der Waals surface area (Å²) in [6, 6.07) is 2.14. The number of piperazine rings is 1. The molecule has 2 saturated heterocycles. The van der Waals surface area contributed by atoms with E-state index in [4.69, 9.17) is 19.4 Å². The highest BCUT2D eigenvalue weighted by Crippen LogP contribution is 2.26. The summed E-state index contributed by atoms with van der Waals surface area (Å²) in [6.45, 7) is 7.81. The third kappa shape index (κ3) is 4.60. The van der Waals surface area contributed by atoms with Gasteiger partial charge >= 0.3 is 0 Å². The average Bonchev–Trinajstić information content (AvgIpc) is 3.41. The van der Waals surface area contributed by atoms with Crippen molar-refractivity contribution in [3.63, 3.8) is 0 Å². The van der Waals surface area contributed by atoms with Crippen LogP contribution in [-0.2, 0) is 22.6 Å². The Morgan fingerprint density at radius 1 is 1.19 bits per heavy atom. The van der Waals surface area contributed by atoms with Crippen LogP contribution in [0.3, 0.4) is 0 Å². The summed E-state index contributed by atoms with van der Waals surface area (Å²) in [6.07, 6.45) is 4.37. The Morgan fingerprint density at radius 2 is 2.07 bits per heavy atom. The number of nitrogens with zero attached hydrogens (tertiary/aromatic N) is 7. The van der Waals surface area contributed by atoms with Crippen LogP contribution in [0.2, 0.25) is 0 Å². The van der Waals surface area contributed by atoms with Gasteiger partial charge in [-0.3, -0.25) is 9.58 Å². The number of aromatic nitrogens is 5. The molecule has 0 spiro atoms. The molecule has 2 aromatic heterocycles. The SMILES string of the molecule is COCc1nc([C@H]2CCOC2)cc(N2CCN(CCn3cncn3)CC2)n1. The van der Waals surface area contributed by atoms with Crippen LogP contribution in [0, 0.1) is 0 Å². The zero-order valence-electron chi connectivity index (χ0n) is 15.8. The van der Waals surface area contributed by atoms with Crippen LogP contribution in [0.25, 0.3) is 0 Å². The molecule has 0 saturated carbocycles. The molecule has 0 aromatic carbocycles. The van der Waals surface area contributed by atoms with E-state index >= 15 is 0 Å². The van der Waals surface area contributed by atoms with Crippen molar-refractivity contribution in [2.24, 2.45) is 0 Å². The fraction of sp³-hybridized carbons (Fsp3) is 0.667. The van der Waals surface area contributed by atoms with Gasteiger partial charge in [-0.05, 0) is 6.42 Å². The summed E-state index contributed by atoms with van der Waals surface area (Å²) in [5, 5.41) is 4.17. The summed E-state index contributed by atoms with van der Waals surface area (Å²) < 4.78 is 12.7. The second-order valence-corrected chi connectivity index (χ2v) is 7.05. The number of methoxy groups -OCH3 is 1. The van der Waals surface area contributed by atoms with Gasteiger partial charge in [0.25, 0.3) is 0 Å². The average molecular weight is 373 g/mol. The zero-order chi connectivity index (χ0) is 18.5. The molecule has 0 N–H and O–H groups in total. The third-order valence-electron chi connectivity index (χ3n) is 5.21. The maximum atomic E-state index is 5.54. The van der Waals surface area contributed by atoms with E-state index in [1.54, 1.807) is 19.8 Å². The van der Waals surface area contributed by atoms with Gasteiger partial charge in [0.15, 0.2) is 5.82 Å². The first kappa shape index (κ1) is 18.3. The third-order valence-corrected chi connectivity index (χ3v) is 5.21. The lowest BCUT2D eigenvalue weighted by atomic mass is 10.0. The number of rotatable bonds is 7. The predicted molar refractivity (Wildman–Crippen MR) is 99.6 cm³/mol. The van der Waals surface area contributed by atoms with Crippen molar-refractivity contribution in [3.8, 4) is 0 Å². The molecule has 4 rings (SSSR count). The molecule has 1 atom stereocenters. The Morgan fingerprint density at radius 3 is 2.78 bits per heavy atom. The van der Waals surface area contributed by atoms with Crippen LogP contribution < -0.4 is 4.90 Å². The first-order chi connectivity index (χ1) is 13.3. The number of hydrogen-bond donors (Lipinski definition) is 0. The van der Waals surface area contributed by atoms with Crippen molar-refractivity contribution in [3.05, 3.63) is 30.2 Å². The van der Waals surface area contributed by atoms with Crippen LogP contribution in [-0.4, -0.2) is 82.7 Å². The molecule has 2 aromatic rings. The van der Waals surface area contributed by atoms with Crippen molar-refractivity contribution in [1.82, 2.24) is 29.6 Å². The molecule has 146 valence electrons. The van der Waals surface area contributed by atoms with Gasteiger partial charge in [0.05, 0.1) is 18.8 Å². The number of ether oxygens (including phenoxy) is 2. The van der Waals surface area contributed by atoms with E-state index in [-0.39, 0.29) is 0 Å². The maximum Gasteiger partial charge on any atom is 0.156 e. The van der Waals surface area contributed by atoms with Gasteiger partial charge in [0.2, 0.25) is 0 Å². The molecule has 27 heavy (non-hydrogen) atoms. The summed E-state index contributed by atoms with van der Waals surface area (Å²) in [5.41, 5.74) is 1.08. The van der Waals surface area contributed by atoms with E-state index in [0.717, 1.165) is 76.2 Å². The van der Waals surface area contributed by atoms with Gasteiger partial charge in [-0.25, -0.2) is 15.0 Å². The van der Waals surface area contributed by atoms with Crippen LogP contribution in [0.5, 0.6) is 0 Å². The molecule has 9 heteroatoms. The first-order valence-corrected chi connectivity index (χ1v) is 9.56. The minimum atomic E-state index is 0.367. The first-order valence-electron chi connectivity index (χ1n) is 9.56. The van der Waals surface area contributed by atoms with E-state index in [0.29, 0.717) is 12.5 Å². The Bertz CT molecular complexity index is 711. The summed E-state index contributed by atoms with van der Waals surface area (Å²) in [4.78, 5) is 18.2. The molecule has 2 aliphatic heterocycles. The molecule has 0 aliphatic carbocycles. The molecule has 0 amide bonds. The largest absolute Gasteiger partial charge is 0.381 e. The Hall–Kier alpha value is -2.10. The van der Waals surface area contributed by atoms with E-state index in [1.807, 2.05) is 4.68 Å². The Kier molecular flexibility index (Phi) is 5.90. The highest BCUT2D eigenvalue weighted by Gasteiger charge is 2.23. The Labute approximate surface area is 159 Å². The van der Waals surface area contributed by atoms with E-state index in [2.05, 4.69) is 25.9 Å². The van der Waals surface area contributed by atoms with Crippen molar-refractivity contribution >= 4 is 5.82 Å². The molecule has 0 unspecified atom stereocenters. The maximum absolute atomic E-state index is 5.54. The highest BCUT2D eigenvalue weighted by atomic mass is 16.5. The Balaban J connectivity index is 1.39. The number of anilines is 1. The van der Waals surface area contributed by atoms with Gasteiger partial charge in [0, 0.05) is 58.4 Å². The molecule has 4 heterocycles. The van der Waals surface area contributed by atoms with Crippen molar-refractivity contribution in [1.29, 1.82) is 0 Å². The van der Waals surface area contributed by atoms with E-state index < -0.39 is 0 Å². The van der Waals surface area contributed by atoms with Crippen LogP contribution >= 0.6 is 0 Å². The lowest BCUT2D eigenvalue weighted by Crippen LogP contribution is -2.47. The molecule has 2 fully saturated rings. The van der Waals surface area contributed by atoms with Crippen molar-refractivity contribution < 1.29 is 9.47 Å². The molecular weight excluding hydrogens is 346 g/mol. The van der Waals surface area contributed by atoms with Gasteiger partial charge < -0.3 is 14.4 Å².